The predicted molar refractivity (Wildman–Crippen MR) is 163 cm³/mol. The highest BCUT2D eigenvalue weighted by atomic mass is 32.2. The monoisotopic (exact) mass is 641 g/mol. The molecule has 0 atom stereocenters. The van der Waals surface area contributed by atoms with E-state index >= 15 is 0 Å². The minimum atomic E-state index is -3.97. The molecule has 43 heavy (non-hydrogen) atoms. The normalized spacial score (nSPS) is 15.0. The average molecular weight is 642 g/mol. The van der Waals surface area contributed by atoms with E-state index < -0.39 is 29.4 Å². The van der Waals surface area contributed by atoms with E-state index in [2.05, 4.69) is 10.4 Å². The van der Waals surface area contributed by atoms with Crippen molar-refractivity contribution >= 4 is 35.1 Å². The summed E-state index contributed by atoms with van der Waals surface area (Å²) in [4.78, 5) is 25.8. The van der Waals surface area contributed by atoms with Crippen LogP contribution in [0.5, 0.6) is 5.75 Å². The summed E-state index contributed by atoms with van der Waals surface area (Å²) >= 11 is 0. The van der Waals surface area contributed by atoms with Gasteiger partial charge in [-0.05, 0) is 63.6 Å². The Labute approximate surface area is 254 Å². The molecule has 3 N–H and O–H groups in total. The highest BCUT2D eigenvalue weighted by molar-refractivity contribution is 7.89. The molecule has 1 fully saturated rings. The molecule has 2 aromatic rings. The molecule has 0 spiro atoms. The molecule has 240 valence electrons. The van der Waals surface area contributed by atoms with Crippen LogP contribution in [0.3, 0.4) is 0 Å². The Morgan fingerprint density at radius 2 is 1.74 bits per heavy atom. The summed E-state index contributed by atoms with van der Waals surface area (Å²) in [6.45, 7) is 8.65. The molecule has 0 saturated carbocycles. The molecular weight excluding hydrogens is 597 g/mol. The third kappa shape index (κ3) is 8.45. The molecular formula is C28H44N5O8PS. The van der Waals surface area contributed by atoms with Crippen molar-refractivity contribution in [1.82, 2.24) is 14.1 Å². The van der Waals surface area contributed by atoms with Crippen LogP contribution in [0.4, 0.5) is 5.69 Å². The lowest BCUT2D eigenvalue weighted by molar-refractivity contribution is 0.0992. The molecule has 0 bridgehead atoms. The Morgan fingerprint density at radius 3 is 2.30 bits per heavy atom. The van der Waals surface area contributed by atoms with Gasteiger partial charge in [-0.25, -0.2) is 8.42 Å². The van der Waals surface area contributed by atoms with Crippen molar-refractivity contribution in [2.24, 2.45) is 18.7 Å². The molecule has 2 amide bonds. The summed E-state index contributed by atoms with van der Waals surface area (Å²) in [5.41, 5.74) is 6.31. The van der Waals surface area contributed by atoms with E-state index in [1.54, 1.807) is 20.9 Å². The summed E-state index contributed by atoms with van der Waals surface area (Å²) < 4.78 is 59.7. The lowest BCUT2D eigenvalue weighted by atomic mass is 10.0. The third-order valence-corrected chi connectivity index (χ3v) is 11.2. The minimum Gasteiger partial charge on any atom is -0.493 e. The SMILES string of the molecule is CCCOc1ccc(S(=O)(=O)N2CCC(CP(=O)(OCC)OCC)CC2)cc1C(=O)Nc1c(CCC)nn(C)c1C(N)=O. The molecule has 1 aliphatic heterocycles. The number of aromatic nitrogens is 2. The smallest absolute Gasteiger partial charge is 0.330 e. The fourth-order valence-corrected chi connectivity index (χ4v) is 8.67. The van der Waals surface area contributed by atoms with Crippen LogP contribution in [0.25, 0.3) is 0 Å². The number of carbonyl (C=O) groups excluding carboxylic acids is 2. The molecule has 0 unspecified atom stereocenters. The average Bonchev–Trinajstić information content (AvgIpc) is 3.26. The number of nitrogens with two attached hydrogens (primary N) is 1. The zero-order chi connectivity index (χ0) is 31.8. The van der Waals surface area contributed by atoms with E-state index in [0.717, 1.165) is 0 Å². The van der Waals surface area contributed by atoms with E-state index in [1.807, 2.05) is 13.8 Å². The zero-order valence-corrected chi connectivity index (χ0v) is 27.3. The van der Waals surface area contributed by atoms with Crippen LogP contribution in [0.15, 0.2) is 23.1 Å². The van der Waals surface area contributed by atoms with Crippen molar-refractivity contribution in [2.45, 2.75) is 64.7 Å². The number of hydrogen-bond donors (Lipinski definition) is 2. The molecule has 13 nitrogen and oxygen atoms in total. The van der Waals surface area contributed by atoms with Gasteiger partial charge in [-0.3, -0.25) is 18.8 Å². The van der Waals surface area contributed by atoms with Crippen molar-refractivity contribution in [2.75, 3.05) is 44.4 Å². The number of hydrogen-bond acceptors (Lipinski definition) is 9. The summed E-state index contributed by atoms with van der Waals surface area (Å²) in [5.74, 6) is -1.22. The molecule has 1 saturated heterocycles. The maximum absolute atomic E-state index is 13.7. The van der Waals surface area contributed by atoms with Gasteiger partial charge in [0.1, 0.15) is 11.4 Å². The third-order valence-electron chi connectivity index (χ3n) is 7.08. The summed E-state index contributed by atoms with van der Waals surface area (Å²) in [7, 11) is -5.66. The van der Waals surface area contributed by atoms with Crippen LogP contribution in [0.1, 0.15) is 79.9 Å². The van der Waals surface area contributed by atoms with Crippen LogP contribution in [-0.4, -0.2) is 73.4 Å². The van der Waals surface area contributed by atoms with Gasteiger partial charge in [-0.1, -0.05) is 20.3 Å². The van der Waals surface area contributed by atoms with Gasteiger partial charge in [-0.2, -0.15) is 9.40 Å². The number of amides is 2. The Morgan fingerprint density at radius 1 is 1.09 bits per heavy atom. The quantitative estimate of drug-likeness (QED) is 0.255. The van der Waals surface area contributed by atoms with Crippen molar-refractivity contribution in [3.05, 3.63) is 35.2 Å². The summed E-state index contributed by atoms with van der Waals surface area (Å²) in [6.07, 6.45) is 3.09. The number of ether oxygens (including phenoxy) is 1. The minimum absolute atomic E-state index is 0.000463. The van der Waals surface area contributed by atoms with Crippen LogP contribution in [-0.2, 0) is 37.1 Å². The van der Waals surface area contributed by atoms with E-state index in [9.17, 15) is 22.6 Å². The maximum Gasteiger partial charge on any atom is 0.330 e. The van der Waals surface area contributed by atoms with E-state index in [1.165, 1.54) is 27.2 Å². The van der Waals surface area contributed by atoms with Gasteiger partial charge < -0.3 is 24.8 Å². The fourth-order valence-electron chi connectivity index (χ4n) is 5.10. The second-order valence-corrected chi connectivity index (χ2v) is 14.4. The zero-order valence-electron chi connectivity index (χ0n) is 25.6. The topological polar surface area (TPSA) is 172 Å². The molecule has 3 rings (SSSR count). The first-order chi connectivity index (χ1) is 20.4. The number of rotatable bonds is 16. The number of anilines is 1. The fraction of sp³-hybridized carbons (Fsp3) is 0.607. The van der Waals surface area contributed by atoms with Crippen molar-refractivity contribution in [3.63, 3.8) is 0 Å². The van der Waals surface area contributed by atoms with Gasteiger partial charge in [0.2, 0.25) is 10.0 Å². The van der Waals surface area contributed by atoms with E-state index in [0.29, 0.717) is 44.4 Å². The van der Waals surface area contributed by atoms with Crippen LogP contribution < -0.4 is 15.8 Å². The summed E-state index contributed by atoms with van der Waals surface area (Å²) in [5, 5.41) is 7.08. The summed E-state index contributed by atoms with van der Waals surface area (Å²) in [6, 6.07) is 4.18. The number of sulfonamides is 1. The molecule has 2 heterocycles. The van der Waals surface area contributed by atoms with E-state index in [4.69, 9.17) is 19.5 Å². The van der Waals surface area contributed by atoms with Gasteiger partial charge >= 0.3 is 7.60 Å². The molecule has 0 aliphatic carbocycles. The number of benzene rings is 1. The molecule has 1 aliphatic rings. The van der Waals surface area contributed by atoms with Gasteiger partial charge in [0, 0.05) is 20.1 Å². The molecule has 0 radical (unpaired) electrons. The second kappa shape index (κ2) is 15.3. The van der Waals surface area contributed by atoms with Gasteiger partial charge in [-0.15, -0.1) is 0 Å². The highest BCUT2D eigenvalue weighted by Crippen LogP contribution is 2.51. The lowest BCUT2D eigenvalue weighted by Crippen LogP contribution is -2.39. The molecule has 1 aromatic carbocycles. The number of nitrogens with zero attached hydrogens (tertiary/aromatic N) is 3. The number of primary amides is 1. The van der Waals surface area contributed by atoms with Crippen LogP contribution in [0, 0.1) is 5.92 Å². The lowest BCUT2D eigenvalue weighted by Gasteiger charge is -2.32. The Hall–Kier alpha value is -2.77. The first-order valence-corrected chi connectivity index (χ1v) is 17.9. The van der Waals surface area contributed by atoms with Gasteiger partial charge in [0.05, 0.1) is 47.8 Å². The number of carbonyl (C=O) groups is 2. The number of piperidine rings is 1. The number of aryl methyl sites for hydroxylation is 2. The number of nitrogens with one attached hydrogen (secondary N) is 1. The van der Waals surface area contributed by atoms with Gasteiger partial charge in [0.15, 0.2) is 0 Å². The van der Waals surface area contributed by atoms with Crippen LogP contribution in [0.2, 0.25) is 0 Å². The Balaban J connectivity index is 1.88. The van der Waals surface area contributed by atoms with Crippen molar-refractivity contribution < 1.29 is 36.4 Å². The first kappa shape index (κ1) is 34.7. The molecule has 1 aromatic heterocycles. The second-order valence-electron chi connectivity index (χ2n) is 10.3. The van der Waals surface area contributed by atoms with Crippen molar-refractivity contribution in [1.29, 1.82) is 0 Å². The van der Waals surface area contributed by atoms with E-state index in [-0.39, 0.29) is 66.0 Å². The molecule has 15 heteroatoms. The Kier molecular flexibility index (Phi) is 12.3. The van der Waals surface area contributed by atoms with Gasteiger partial charge in [0.25, 0.3) is 11.8 Å². The largest absolute Gasteiger partial charge is 0.493 e. The predicted octanol–water partition coefficient (Wildman–Crippen LogP) is 4.18. The standard InChI is InChI=1S/C28H44N5O8PS/c1-6-10-23-25(26(27(29)34)32(5)31-23)30-28(35)22-18-21(11-12-24(22)39-17-7-2)43(37,38)33-15-13-20(14-16-33)19-42(36,40-8-3)41-9-4/h11-12,18,20H,6-10,13-17,19H2,1-5H3,(H2,29,34)(H,30,35). The maximum atomic E-state index is 13.7. The Bertz CT molecular complexity index is 1430. The highest BCUT2D eigenvalue weighted by Gasteiger charge is 2.35. The first-order valence-electron chi connectivity index (χ1n) is 14.7. The van der Waals surface area contributed by atoms with Crippen molar-refractivity contribution in [3.8, 4) is 5.75 Å². The van der Waals surface area contributed by atoms with Crippen LogP contribution >= 0.6 is 7.60 Å².